The highest BCUT2D eigenvalue weighted by Crippen LogP contribution is 1.79. The zero-order valence-electron chi connectivity index (χ0n) is 4.97. The van der Waals surface area contributed by atoms with Gasteiger partial charge in [-0.05, 0) is 0 Å². The van der Waals surface area contributed by atoms with E-state index in [0.29, 0.717) is 0 Å². The van der Waals surface area contributed by atoms with Gasteiger partial charge >= 0.3 is 5.97 Å². The first-order chi connectivity index (χ1) is 4.29. The Morgan fingerprint density at radius 3 is 2.40 bits per heavy atom. The van der Waals surface area contributed by atoms with Gasteiger partial charge in [-0.2, -0.15) is 0 Å². The number of hydrogen-bond donors (Lipinski definition) is 1. The number of aromatic nitrogens is 3. The first-order valence-electron chi connectivity index (χ1n) is 2.33. The van der Waals surface area contributed by atoms with Crippen LogP contribution in [-0.4, -0.2) is 25.8 Å². The van der Waals surface area contributed by atoms with Gasteiger partial charge in [-0.1, -0.05) is 0 Å². The first kappa shape index (κ1) is 8.90. The van der Waals surface area contributed by atoms with Crippen molar-refractivity contribution >= 4 is 18.4 Å². The standard InChI is InChI=1S/C4H5N3O2.ClH/c8-4(9)1-7-2-5-6-3-7;/h2-3H,1H2,(H,8,9);1H. The molecule has 1 N–H and O–H groups in total. The van der Waals surface area contributed by atoms with Gasteiger partial charge in [-0.15, -0.1) is 22.6 Å². The number of carboxylic acids is 1. The van der Waals surface area contributed by atoms with E-state index in [0.717, 1.165) is 0 Å². The molecule has 0 unspecified atom stereocenters. The van der Waals surface area contributed by atoms with Crippen LogP contribution in [0.2, 0.25) is 0 Å². The van der Waals surface area contributed by atoms with Crippen LogP contribution in [-0.2, 0) is 11.3 Å². The van der Waals surface area contributed by atoms with Crippen LogP contribution in [0.3, 0.4) is 0 Å². The van der Waals surface area contributed by atoms with Crippen molar-refractivity contribution in [1.29, 1.82) is 0 Å². The van der Waals surface area contributed by atoms with E-state index in [1.165, 1.54) is 17.2 Å². The molecule has 0 aromatic carbocycles. The third-order valence-corrected chi connectivity index (χ3v) is 0.784. The second-order valence-corrected chi connectivity index (χ2v) is 1.53. The second kappa shape index (κ2) is 3.84. The average Bonchev–Trinajstić information content (AvgIpc) is 2.15. The summed E-state index contributed by atoms with van der Waals surface area (Å²) in [6.07, 6.45) is 2.71. The molecule has 6 heteroatoms. The minimum Gasteiger partial charge on any atom is -0.480 e. The summed E-state index contributed by atoms with van der Waals surface area (Å²) < 4.78 is 1.38. The van der Waals surface area contributed by atoms with E-state index in [9.17, 15) is 4.79 Å². The molecule has 56 valence electrons. The molecule has 0 saturated carbocycles. The molecule has 0 aliphatic rings. The largest absolute Gasteiger partial charge is 0.480 e. The van der Waals surface area contributed by atoms with Gasteiger partial charge in [0.1, 0.15) is 19.2 Å². The lowest BCUT2D eigenvalue weighted by atomic mass is 10.6. The van der Waals surface area contributed by atoms with Crippen molar-refractivity contribution in [3.05, 3.63) is 12.7 Å². The molecular weight excluding hydrogens is 158 g/mol. The number of rotatable bonds is 2. The summed E-state index contributed by atoms with van der Waals surface area (Å²) in [7, 11) is 0. The normalized spacial score (nSPS) is 8.40. The number of halogens is 1. The van der Waals surface area contributed by atoms with Crippen molar-refractivity contribution in [2.75, 3.05) is 0 Å². The molecule has 1 heterocycles. The molecule has 1 aromatic heterocycles. The molecule has 10 heavy (non-hydrogen) atoms. The van der Waals surface area contributed by atoms with Crippen LogP contribution in [0.15, 0.2) is 12.7 Å². The van der Waals surface area contributed by atoms with Crippen LogP contribution in [0.5, 0.6) is 0 Å². The van der Waals surface area contributed by atoms with Crippen LogP contribution in [0, 0.1) is 0 Å². The Morgan fingerprint density at radius 1 is 1.50 bits per heavy atom. The average molecular weight is 164 g/mol. The molecule has 0 spiro atoms. The molecule has 1 rings (SSSR count). The highest BCUT2D eigenvalue weighted by atomic mass is 35.5. The minimum absolute atomic E-state index is 0. The molecule has 5 nitrogen and oxygen atoms in total. The minimum atomic E-state index is -0.894. The lowest BCUT2D eigenvalue weighted by Gasteiger charge is -1.90. The van der Waals surface area contributed by atoms with Gasteiger partial charge in [0, 0.05) is 0 Å². The molecule has 0 fully saturated rings. The number of nitrogens with zero attached hydrogens (tertiary/aromatic N) is 3. The Kier molecular flexibility index (Phi) is 3.42. The molecule has 0 radical (unpaired) electrons. The molecule has 0 aliphatic heterocycles. The lowest BCUT2D eigenvalue weighted by Crippen LogP contribution is -2.06. The van der Waals surface area contributed by atoms with Gasteiger partial charge in [-0.3, -0.25) is 4.79 Å². The molecule has 0 saturated heterocycles. The molecule has 0 amide bonds. The number of aliphatic carboxylic acids is 1. The van der Waals surface area contributed by atoms with Gasteiger partial charge in [0.2, 0.25) is 0 Å². The smallest absolute Gasteiger partial charge is 0.323 e. The van der Waals surface area contributed by atoms with Gasteiger partial charge in [-0.25, -0.2) is 0 Å². The quantitative estimate of drug-likeness (QED) is 0.655. The monoisotopic (exact) mass is 163 g/mol. The van der Waals surface area contributed by atoms with E-state index in [1.807, 2.05) is 0 Å². The molecule has 1 aromatic rings. The number of hydrogen-bond acceptors (Lipinski definition) is 3. The summed E-state index contributed by atoms with van der Waals surface area (Å²) in [6.45, 7) is -0.0764. The molecule has 0 aliphatic carbocycles. The maximum atomic E-state index is 9.99. The summed E-state index contributed by atoms with van der Waals surface area (Å²) in [5, 5.41) is 15.1. The number of carboxylic acid groups (broad SMARTS) is 1. The topological polar surface area (TPSA) is 68.0 Å². The van der Waals surface area contributed by atoms with Crippen molar-refractivity contribution in [3.63, 3.8) is 0 Å². The Labute approximate surface area is 63.1 Å². The van der Waals surface area contributed by atoms with E-state index in [2.05, 4.69) is 10.2 Å². The van der Waals surface area contributed by atoms with Gasteiger partial charge < -0.3 is 9.67 Å². The van der Waals surface area contributed by atoms with Crippen molar-refractivity contribution in [2.45, 2.75) is 6.54 Å². The van der Waals surface area contributed by atoms with Crippen LogP contribution in [0.1, 0.15) is 0 Å². The van der Waals surface area contributed by atoms with Crippen molar-refractivity contribution < 1.29 is 9.90 Å². The zero-order chi connectivity index (χ0) is 6.69. The Bertz CT molecular complexity index is 198. The molecular formula is C4H6ClN3O2. The lowest BCUT2D eigenvalue weighted by molar-refractivity contribution is -0.137. The fourth-order valence-corrected chi connectivity index (χ4v) is 0.460. The SMILES string of the molecule is Cl.O=C(O)Cn1cnnc1. The predicted octanol–water partition coefficient (Wildman–Crippen LogP) is -0.216. The fourth-order valence-electron chi connectivity index (χ4n) is 0.460. The maximum Gasteiger partial charge on any atom is 0.323 e. The van der Waals surface area contributed by atoms with E-state index < -0.39 is 5.97 Å². The zero-order valence-corrected chi connectivity index (χ0v) is 5.78. The van der Waals surface area contributed by atoms with E-state index in [1.54, 1.807) is 0 Å². The highest BCUT2D eigenvalue weighted by molar-refractivity contribution is 5.85. The number of carbonyl (C=O) groups is 1. The summed E-state index contributed by atoms with van der Waals surface area (Å²) in [4.78, 5) is 9.99. The summed E-state index contributed by atoms with van der Waals surface area (Å²) >= 11 is 0. The van der Waals surface area contributed by atoms with Crippen molar-refractivity contribution in [2.24, 2.45) is 0 Å². The third-order valence-electron chi connectivity index (χ3n) is 0.784. The van der Waals surface area contributed by atoms with Crippen LogP contribution >= 0.6 is 12.4 Å². The highest BCUT2D eigenvalue weighted by Gasteiger charge is 1.95. The summed E-state index contributed by atoms with van der Waals surface area (Å²) in [5.41, 5.74) is 0. The van der Waals surface area contributed by atoms with Gasteiger partial charge in [0.25, 0.3) is 0 Å². The van der Waals surface area contributed by atoms with Crippen LogP contribution < -0.4 is 0 Å². The Morgan fingerprint density at radius 2 is 2.00 bits per heavy atom. The maximum absolute atomic E-state index is 9.99. The van der Waals surface area contributed by atoms with E-state index in [4.69, 9.17) is 5.11 Å². The predicted molar refractivity (Wildman–Crippen MR) is 34.9 cm³/mol. The van der Waals surface area contributed by atoms with Gasteiger partial charge in [0.15, 0.2) is 0 Å². The first-order valence-corrected chi connectivity index (χ1v) is 2.33. The third kappa shape index (κ3) is 2.45. The van der Waals surface area contributed by atoms with Crippen LogP contribution in [0.4, 0.5) is 0 Å². The van der Waals surface area contributed by atoms with Crippen molar-refractivity contribution in [1.82, 2.24) is 14.8 Å². The second-order valence-electron chi connectivity index (χ2n) is 1.53. The Hall–Kier alpha value is -1.10. The Balaban J connectivity index is 0.000000810. The summed E-state index contributed by atoms with van der Waals surface area (Å²) in [5.74, 6) is -0.894. The fraction of sp³-hybridized carbons (Fsp3) is 0.250. The van der Waals surface area contributed by atoms with Gasteiger partial charge in [0.05, 0.1) is 0 Å². The van der Waals surface area contributed by atoms with Crippen LogP contribution in [0.25, 0.3) is 0 Å². The van der Waals surface area contributed by atoms with Crippen molar-refractivity contribution in [3.8, 4) is 0 Å². The molecule has 0 bridgehead atoms. The molecule has 0 atom stereocenters. The van der Waals surface area contributed by atoms with E-state index >= 15 is 0 Å². The summed E-state index contributed by atoms with van der Waals surface area (Å²) in [6, 6.07) is 0. The van der Waals surface area contributed by atoms with E-state index in [-0.39, 0.29) is 19.0 Å².